The van der Waals surface area contributed by atoms with E-state index in [4.69, 9.17) is 28.9 Å². The molecule has 0 saturated heterocycles. The van der Waals surface area contributed by atoms with Gasteiger partial charge in [-0.05, 0) is 42.8 Å². The van der Waals surface area contributed by atoms with E-state index in [1.807, 2.05) is 0 Å². The smallest absolute Gasteiger partial charge is 0.261 e. The van der Waals surface area contributed by atoms with E-state index in [1.165, 1.54) is 24.3 Å². The number of benzene rings is 2. The van der Waals surface area contributed by atoms with E-state index in [2.05, 4.69) is 4.72 Å². The molecule has 0 aliphatic rings. The van der Waals surface area contributed by atoms with Crippen LogP contribution in [0.25, 0.3) is 0 Å². The van der Waals surface area contributed by atoms with Gasteiger partial charge in [-0.2, -0.15) is 0 Å². The van der Waals surface area contributed by atoms with Crippen molar-refractivity contribution in [2.45, 2.75) is 17.9 Å². The molecule has 0 aliphatic carbocycles. The summed E-state index contributed by atoms with van der Waals surface area (Å²) in [6.07, 6.45) is 0. The van der Waals surface area contributed by atoms with Crippen LogP contribution in [0, 0.1) is 0 Å². The molecule has 112 valence electrons. The van der Waals surface area contributed by atoms with Crippen molar-refractivity contribution in [3.05, 3.63) is 58.1 Å². The van der Waals surface area contributed by atoms with Gasteiger partial charge in [0.25, 0.3) is 10.0 Å². The van der Waals surface area contributed by atoms with Crippen molar-refractivity contribution < 1.29 is 8.42 Å². The standard InChI is InChI=1S/C14H14Cl2N2O2S/c1-9(17)10-3-2-4-12(7-10)21(19,20)18-14-6-5-11(15)8-13(14)16/h2-9,18H,17H2,1H3. The summed E-state index contributed by atoms with van der Waals surface area (Å²) in [5, 5.41) is 0.663. The van der Waals surface area contributed by atoms with Gasteiger partial charge < -0.3 is 5.73 Å². The maximum Gasteiger partial charge on any atom is 0.261 e. The second-order valence-electron chi connectivity index (χ2n) is 4.59. The molecular weight excluding hydrogens is 331 g/mol. The summed E-state index contributed by atoms with van der Waals surface area (Å²) in [5.41, 5.74) is 6.78. The zero-order valence-electron chi connectivity index (χ0n) is 11.2. The zero-order chi connectivity index (χ0) is 15.6. The van der Waals surface area contributed by atoms with Crippen molar-refractivity contribution in [3.8, 4) is 0 Å². The van der Waals surface area contributed by atoms with Crippen molar-refractivity contribution in [3.63, 3.8) is 0 Å². The van der Waals surface area contributed by atoms with Crippen molar-refractivity contribution in [2.24, 2.45) is 5.73 Å². The molecule has 0 bridgehead atoms. The first kappa shape index (κ1) is 16.1. The van der Waals surface area contributed by atoms with Crippen LogP contribution in [0.15, 0.2) is 47.4 Å². The van der Waals surface area contributed by atoms with Crippen molar-refractivity contribution in [2.75, 3.05) is 4.72 Å². The van der Waals surface area contributed by atoms with E-state index in [-0.39, 0.29) is 21.6 Å². The molecule has 3 N–H and O–H groups in total. The van der Waals surface area contributed by atoms with Crippen LogP contribution >= 0.6 is 23.2 Å². The lowest BCUT2D eigenvalue weighted by molar-refractivity contribution is 0.601. The Morgan fingerprint density at radius 2 is 1.86 bits per heavy atom. The number of sulfonamides is 1. The van der Waals surface area contributed by atoms with Gasteiger partial charge in [-0.25, -0.2) is 8.42 Å². The lowest BCUT2D eigenvalue weighted by Gasteiger charge is -2.12. The Hall–Kier alpha value is -1.27. The monoisotopic (exact) mass is 344 g/mol. The number of hydrogen-bond donors (Lipinski definition) is 2. The second kappa shape index (κ2) is 6.23. The van der Waals surface area contributed by atoms with Crippen LogP contribution in [0.3, 0.4) is 0 Å². The Morgan fingerprint density at radius 3 is 2.48 bits per heavy atom. The zero-order valence-corrected chi connectivity index (χ0v) is 13.5. The van der Waals surface area contributed by atoms with Gasteiger partial charge in [-0.3, -0.25) is 4.72 Å². The minimum atomic E-state index is -3.74. The van der Waals surface area contributed by atoms with Crippen molar-refractivity contribution in [1.82, 2.24) is 0 Å². The molecule has 0 fully saturated rings. The Balaban J connectivity index is 2.36. The van der Waals surface area contributed by atoms with E-state index >= 15 is 0 Å². The molecule has 7 heteroatoms. The lowest BCUT2D eigenvalue weighted by atomic mass is 10.1. The number of nitrogens with one attached hydrogen (secondary N) is 1. The first-order valence-electron chi connectivity index (χ1n) is 6.13. The number of rotatable bonds is 4. The van der Waals surface area contributed by atoms with E-state index in [1.54, 1.807) is 25.1 Å². The molecule has 2 rings (SSSR count). The molecule has 4 nitrogen and oxygen atoms in total. The van der Waals surface area contributed by atoms with Crippen LogP contribution in [-0.4, -0.2) is 8.42 Å². The molecular formula is C14H14Cl2N2O2S. The molecule has 2 aromatic carbocycles. The van der Waals surface area contributed by atoms with Crippen LogP contribution in [-0.2, 0) is 10.0 Å². The van der Waals surface area contributed by atoms with Crippen LogP contribution in [0.2, 0.25) is 10.0 Å². The van der Waals surface area contributed by atoms with Gasteiger partial charge in [-0.1, -0.05) is 35.3 Å². The minimum absolute atomic E-state index is 0.128. The molecule has 1 atom stereocenters. The first-order valence-corrected chi connectivity index (χ1v) is 8.37. The van der Waals surface area contributed by atoms with Gasteiger partial charge in [0.1, 0.15) is 0 Å². The number of nitrogens with two attached hydrogens (primary N) is 1. The maximum absolute atomic E-state index is 12.4. The molecule has 2 aromatic rings. The Morgan fingerprint density at radius 1 is 1.14 bits per heavy atom. The third-order valence-electron chi connectivity index (χ3n) is 2.87. The van der Waals surface area contributed by atoms with Gasteiger partial charge in [0, 0.05) is 11.1 Å². The minimum Gasteiger partial charge on any atom is -0.324 e. The van der Waals surface area contributed by atoms with E-state index in [0.29, 0.717) is 5.02 Å². The largest absolute Gasteiger partial charge is 0.324 e. The first-order chi connectivity index (χ1) is 9.79. The normalized spacial score (nSPS) is 13.0. The Bertz CT molecular complexity index is 761. The summed E-state index contributed by atoms with van der Waals surface area (Å²) in [6.45, 7) is 1.79. The highest BCUT2D eigenvalue weighted by molar-refractivity contribution is 7.92. The van der Waals surface area contributed by atoms with Gasteiger partial charge in [0.15, 0.2) is 0 Å². The molecule has 0 radical (unpaired) electrons. The number of hydrogen-bond acceptors (Lipinski definition) is 3. The predicted octanol–water partition coefficient (Wildman–Crippen LogP) is 3.81. The summed E-state index contributed by atoms with van der Waals surface area (Å²) < 4.78 is 27.2. The van der Waals surface area contributed by atoms with Crippen LogP contribution < -0.4 is 10.5 Å². The fourth-order valence-corrected chi connectivity index (χ4v) is 3.39. The fraction of sp³-hybridized carbons (Fsp3) is 0.143. The highest BCUT2D eigenvalue weighted by atomic mass is 35.5. The molecule has 0 amide bonds. The summed E-state index contributed by atoms with van der Waals surface area (Å²) >= 11 is 11.8. The third kappa shape index (κ3) is 3.89. The van der Waals surface area contributed by atoms with Gasteiger partial charge in [0.2, 0.25) is 0 Å². The van der Waals surface area contributed by atoms with E-state index in [9.17, 15) is 8.42 Å². The Labute approximate surface area is 133 Å². The van der Waals surface area contributed by atoms with Crippen molar-refractivity contribution >= 4 is 38.9 Å². The summed E-state index contributed by atoms with van der Waals surface area (Å²) in [4.78, 5) is 0.128. The predicted molar refractivity (Wildman–Crippen MR) is 86.3 cm³/mol. The highest BCUT2D eigenvalue weighted by Gasteiger charge is 2.17. The van der Waals surface area contributed by atoms with Gasteiger partial charge in [-0.15, -0.1) is 0 Å². The summed E-state index contributed by atoms with van der Waals surface area (Å²) in [6, 6.07) is 10.8. The van der Waals surface area contributed by atoms with Gasteiger partial charge >= 0.3 is 0 Å². The summed E-state index contributed by atoms with van der Waals surface area (Å²) in [5.74, 6) is 0. The highest BCUT2D eigenvalue weighted by Crippen LogP contribution is 2.28. The van der Waals surface area contributed by atoms with Crippen LogP contribution in [0.5, 0.6) is 0 Å². The average molecular weight is 345 g/mol. The number of anilines is 1. The molecule has 0 aromatic heterocycles. The molecule has 0 aliphatic heterocycles. The Kier molecular flexibility index (Phi) is 4.78. The number of halogens is 2. The molecule has 1 unspecified atom stereocenters. The topological polar surface area (TPSA) is 72.2 Å². The van der Waals surface area contributed by atoms with Crippen molar-refractivity contribution in [1.29, 1.82) is 0 Å². The SMILES string of the molecule is CC(N)c1cccc(S(=O)(=O)Nc2ccc(Cl)cc2Cl)c1. The lowest BCUT2D eigenvalue weighted by Crippen LogP contribution is -2.14. The molecule has 0 spiro atoms. The third-order valence-corrected chi connectivity index (χ3v) is 4.78. The molecule has 0 heterocycles. The fourth-order valence-electron chi connectivity index (χ4n) is 1.74. The van der Waals surface area contributed by atoms with Gasteiger partial charge in [0.05, 0.1) is 15.6 Å². The van der Waals surface area contributed by atoms with Crippen LogP contribution in [0.4, 0.5) is 5.69 Å². The average Bonchev–Trinajstić information content (AvgIpc) is 2.42. The second-order valence-corrected chi connectivity index (χ2v) is 7.12. The molecule has 0 saturated carbocycles. The maximum atomic E-state index is 12.4. The molecule has 21 heavy (non-hydrogen) atoms. The quantitative estimate of drug-likeness (QED) is 0.885. The summed E-state index contributed by atoms with van der Waals surface area (Å²) in [7, 11) is -3.74. The van der Waals surface area contributed by atoms with E-state index in [0.717, 1.165) is 5.56 Å². The van der Waals surface area contributed by atoms with Crippen LogP contribution in [0.1, 0.15) is 18.5 Å². The van der Waals surface area contributed by atoms with E-state index < -0.39 is 10.0 Å².